The molecule has 2 fully saturated rings. The number of carbonyl (C=O) groups excluding carboxylic acids is 2. The van der Waals surface area contributed by atoms with Crippen molar-refractivity contribution >= 4 is 23.7 Å². The second kappa shape index (κ2) is 5.79. The zero-order valence-electron chi connectivity index (χ0n) is 14.2. The average Bonchev–Trinajstić information content (AvgIpc) is 2.94. The number of carbonyl (C=O) groups is 2. The summed E-state index contributed by atoms with van der Waals surface area (Å²) in [7, 11) is 0. The van der Waals surface area contributed by atoms with E-state index >= 15 is 0 Å². The van der Waals surface area contributed by atoms with Crippen molar-refractivity contribution < 1.29 is 24.9 Å². The number of aliphatic hydroxyl groups is 3. The maximum Gasteiger partial charge on any atom is 0.229 e. The van der Waals surface area contributed by atoms with E-state index in [4.69, 9.17) is 17.2 Å². The zero-order valence-corrected chi connectivity index (χ0v) is 14.2. The molecule has 1 unspecified atom stereocenters. The number of β-amino-alcohol motifs (C(OH)–C–C–N with tert-alkyl or cyclic N) is 1. The van der Waals surface area contributed by atoms with Crippen LogP contribution in [-0.4, -0.2) is 91.5 Å². The quantitative estimate of drug-likeness (QED) is 0.123. The number of imide groups is 1. The molecule has 2 saturated heterocycles. The maximum atomic E-state index is 11.9. The van der Waals surface area contributed by atoms with E-state index in [9.17, 15) is 24.9 Å². The second-order valence-electron chi connectivity index (χ2n) is 6.95. The molecule has 12 heteroatoms. The van der Waals surface area contributed by atoms with Gasteiger partial charge in [0.15, 0.2) is 11.9 Å². The molecule has 0 radical (unpaired) electrons. The second-order valence-corrected chi connectivity index (χ2v) is 6.95. The van der Waals surface area contributed by atoms with Gasteiger partial charge in [-0.3, -0.25) is 14.5 Å². The third-order valence-electron chi connectivity index (χ3n) is 5.45. The molecule has 4 atom stereocenters. The number of nitrogens with two attached hydrogens (primary N) is 3. The van der Waals surface area contributed by atoms with Gasteiger partial charge in [0, 0.05) is 12.8 Å². The summed E-state index contributed by atoms with van der Waals surface area (Å²) >= 11 is 0. The van der Waals surface area contributed by atoms with E-state index in [2.05, 4.69) is 9.98 Å². The van der Waals surface area contributed by atoms with Gasteiger partial charge in [-0.1, -0.05) is 0 Å². The zero-order chi connectivity index (χ0) is 19.4. The van der Waals surface area contributed by atoms with Crippen molar-refractivity contribution in [3.05, 3.63) is 0 Å². The van der Waals surface area contributed by atoms with Crippen LogP contribution in [0.15, 0.2) is 9.98 Å². The summed E-state index contributed by atoms with van der Waals surface area (Å²) in [5, 5.41) is 31.2. The molecule has 0 aromatic heterocycles. The van der Waals surface area contributed by atoms with Gasteiger partial charge in [0.05, 0.1) is 19.1 Å². The van der Waals surface area contributed by atoms with Crippen LogP contribution >= 0.6 is 0 Å². The molecule has 144 valence electrons. The van der Waals surface area contributed by atoms with Crippen molar-refractivity contribution in [1.82, 2.24) is 9.80 Å². The van der Waals surface area contributed by atoms with Crippen LogP contribution in [-0.2, 0) is 9.59 Å². The van der Waals surface area contributed by atoms with E-state index in [0.717, 1.165) is 4.90 Å². The van der Waals surface area contributed by atoms with Crippen molar-refractivity contribution in [3.63, 3.8) is 0 Å². The van der Waals surface area contributed by atoms with Gasteiger partial charge in [0.2, 0.25) is 17.6 Å². The van der Waals surface area contributed by atoms with Gasteiger partial charge in [-0.15, -0.1) is 0 Å². The number of aliphatic imine (C=N–C) groups is 2. The van der Waals surface area contributed by atoms with Crippen LogP contribution in [0.25, 0.3) is 0 Å². The molecule has 3 aliphatic rings. The smallest absolute Gasteiger partial charge is 0.229 e. The van der Waals surface area contributed by atoms with Crippen LogP contribution in [0, 0.1) is 0 Å². The first-order valence-electron chi connectivity index (χ1n) is 8.15. The van der Waals surface area contributed by atoms with Crippen LogP contribution in [0.2, 0.25) is 0 Å². The predicted molar refractivity (Wildman–Crippen MR) is 89.2 cm³/mol. The first-order chi connectivity index (χ1) is 12.0. The first-order valence-corrected chi connectivity index (χ1v) is 8.15. The fourth-order valence-corrected chi connectivity index (χ4v) is 3.95. The Morgan fingerprint density at radius 1 is 1.31 bits per heavy atom. The molecule has 3 rings (SSSR count). The Balaban J connectivity index is 2.06. The van der Waals surface area contributed by atoms with Gasteiger partial charge in [-0.25, -0.2) is 9.98 Å². The number of guanidine groups is 2. The molecule has 0 aliphatic carbocycles. The van der Waals surface area contributed by atoms with Gasteiger partial charge < -0.3 is 37.4 Å². The van der Waals surface area contributed by atoms with Gasteiger partial charge >= 0.3 is 0 Å². The number of hydrogen-bond donors (Lipinski definition) is 6. The minimum Gasteiger partial charge on any atom is -0.386 e. The number of hydrogen-bond acceptors (Lipinski definition) is 9. The lowest BCUT2D eigenvalue weighted by atomic mass is 9.78. The molecule has 3 aliphatic heterocycles. The molecule has 9 N–H and O–H groups in total. The molecule has 26 heavy (non-hydrogen) atoms. The molecule has 0 aromatic rings. The number of amides is 2. The first kappa shape index (κ1) is 18.4. The summed E-state index contributed by atoms with van der Waals surface area (Å²) in [6.45, 7) is 1.08. The minimum absolute atomic E-state index is 0.0670. The van der Waals surface area contributed by atoms with Crippen molar-refractivity contribution in [2.24, 2.45) is 27.2 Å². The Bertz CT molecular complexity index is 688. The third kappa shape index (κ3) is 2.40. The van der Waals surface area contributed by atoms with Crippen molar-refractivity contribution in [3.8, 4) is 0 Å². The molecule has 0 aromatic carbocycles. The molecule has 0 bridgehead atoms. The summed E-state index contributed by atoms with van der Waals surface area (Å²) in [6, 6.07) is -1.98. The van der Waals surface area contributed by atoms with E-state index in [1.165, 1.54) is 11.8 Å². The number of likely N-dealkylation sites (tertiary alicyclic amines) is 1. The molecule has 3 heterocycles. The van der Waals surface area contributed by atoms with E-state index in [-0.39, 0.29) is 49.7 Å². The number of aliphatic hydroxyl groups excluding tert-OH is 1. The predicted octanol–water partition coefficient (Wildman–Crippen LogP) is -4.41. The summed E-state index contributed by atoms with van der Waals surface area (Å²) < 4.78 is 0. The lowest BCUT2D eigenvalue weighted by Gasteiger charge is -2.50. The molecule has 0 saturated carbocycles. The van der Waals surface area contributed by atoms with Crippen LogP contribution < -0.4 is 17.2 Å². The van der Waals surface area contributed by atoms with Gasteiger partial charge in [-0.2, -0.15) is 0 Å². The number of nitrogens with zero attached hydrogens (tertiary/aromatic N) is 4. The molecule has 12 nitrogen and oxygen atoms in total. The van der Waals surface area contributed by atoms with Crippen LogP contribution in [0.3, 0.4) is 0 Å². The van der Waals surface area contributed by atoms with Gasteiger partial charge in [0.1, 0.15) is 17.7 Å². The van der Waals surface area contributed by atoms with Gasteiger partial charge in [-0.05, 0) is 6.92 Å². The molecular weight excluding hydrogens is 346 g/mol. The SMILES string of the molecule is C[C@@]12C(N=C(N)N)[C@H](CN3C(=O)CCC3=O)N=C(N)N1C[C@H](O)C2(O)O. The minimum atomic E-state index is -2.60. The highest BCUT2D eigenvalue weighted by Gasteiger charge is 2.68. The normalized spacial score (nSPS) is 36.2. The topological polar surface area (TPSA) is 204 Å². The van der Waals surface area contributed by atoms with Crippen LogP contribution in [0.4, 0.5) is 0 Å². The molecule has 2 amide bonds. The fourth-order valence-electron chi connectivity index (χ4n) is 3.95. The number of fused-ring (bicyclic) bond motifs is 1. The highest BCUT2D eigenvalue weighted by atomic mass is 16.5. The van der Waals surface area contributed by atoms with Crippen LogP contribution in [0.1, 0.15) is 19.8 Å². The average molecular weight is 369 g/mol. The Hall–Kier alpha value is -2.44. The fraction of sp³-hybridized carbons (Fsp3) is 0.714. The van der Waals surface area contributed by atoms with E-state index in [1.54, 1.807) is 0 Å². The summed E-state index contributed by atoms with van der Waals surface area (Å²) in [6.07, 6.45) is -1.35. The monoisotopic (exact) mass is 369 g/mol. The Morgan fingerprint density at radius 2 is 1.88 bits per heavy atom. The number of rotatable bonds is 3. The van der Waals surface area contributed by atoms with E-state index in [1.807, 2.05) is 0 Å². The Morgan fingerprint density at radius 3 is 2.42 bits per heavy atom. The van der Waals surface area contributed by atoms with Gasteiger partial charge in [0.25, 0.3) is 0 Å². The standard InChI is InChI=1S/C14H23N7O5/c1-13-10(19-11(15)16)6(4-20-8(23)2-3-9(20)24)18-12(17)21(13)5-7(22)14(13,25)26/h6-7,10,22,25-26H,2-5H2,1H3,(H2,17,18)(H4,15,16,19)/t6-,7-,10?,13-/m0/s1. The summed E-state index contributed by atoms with van der Waals surface area (Å²) in [5.74, 6) is -3.72. The van der Waals surface area contributed by atoms with E-state index < -0.39 is 29.5 Å². The summed E-state index contributed by atoms with van der Waals surface area (Å²) in [4.78, 5) is 34.6. The summed E-state index contributed by atoms with van der Waals surface area (Å²) in [5.41, 5.74) is 15.3. The Kier molecular flexibility index (Phi) is 4.09. The lowest BCUT2D eigenvalue weighted by molar-refractivity contribution is -0.251. The van der Waals surface area contributed by atoms with Crippen LogP contribution in [0.5, 0.6) is 0 Å². The molecule has 0 spiro atoms. The van der Waals surface area contributed by atoms with Crippen molar-refractivity contribution in [1.29, 1.82) is 0 Å². The molecular formula is C14H23N7O5. The lowest BCUT2D eigenvalue weighted by Crippen LogP contribution is -2.72. The van der Waals surface area contributed by atoms with E-state index in [0.29, 0.717) is 0 Å². The van der Waals surface area contributed by atoms with Crippen molar-refractivity contribution in [2.45, 2.75) is 49.3 Å². The third-order valence-corrected chi connectivity index (χ3v) is 5.45. The largest absolute Gasteiger partial charge is 0.386 e. The van der Waals surface area contributed by atoms with Crippen molar-refractivity contribution in [2.75, 3.05) is 13.1 Å². The Labute approximate surface area is 149 Å². The highest BCUT2D eigenvalue weighted by Crippen LogP contribution is 2.44. The highest BCUT2D eigenvalue weighted by molar-refractivity contribution is 6.02. The maximum absolute atomic E-state index is 11.9.